The molecule has 5 nitrogen and oxygen atoms in total. The van der Waals surface area contributed by atoms with Gasteiger partial charge in [-0.15, -0.1) is 0 Å². The molecule has 2 rings (SSSR count). The van der Waals surface area contributed by atoms with Crippen LogP contribution in [0.25, 0.3) is 0 Å². The van der Waals surface area contributed by atoms with Gasteiger partial charge in [-0.3, -0.25) is 4.79 Å². The number of carbonyl (C=O) groups is 1. The van der Waals surface area contributed by atoms with E-state index in [0.717, 1.165) is 31.4 Å². The lowest BCUT2D eigenvalue weighted by Crippen LogP contribution is -2.32. The minimum atomic E-state index is -0.204. The molecular weight excluding hydrogens is 240 g/mol. The first-order chi connectivity index (χ1) is 9.10. The van der Waals surface area contributed by atoms with E-state index < -0.39 is 0 Å². The minimum Gasteiger partial charge on any atom is -0.369 e. The molecule has 1 saturated carbocycles. The molecule has 0 unspecified atom stereocenters. The predicted molar refractivity (Wildman–Crippen MR) is 72.3 cm³/mol. The number of hydrogen-bond donors (Lipinski definition) is 2. The van der Waals surface area contributed by atoms with Crippen molar-refractivity contribution in [1.82, 2.24) is 4.98 Å². The highest BCUT2D eigenvalue weighted by Crippen LogP contribution is 2.26. The van der Waals surface area contributed by atoms with Gasteiger partial charge in [-0.2, -0.15) is 5.26 Å². The maximum Gasteiger partial charge on any atom is 0.220 e. The third kappa shape index (κ3) is 3.22. The van der Waals surface area contributed by atoms with Crippen molar-refractivity contribution in [2.45, 2.75) is 38.6 Å². The summed E-state index contributed by atoms with van der Waals surface area (Å²) in [4.78, 5) is 15.5. The van der Waals surface area contributed by atoms with Crippen LogP contribution in [-0.4, -0.2) is 16.9 Å². The molecule has 0 bridgehead atoms. The van der Waals surface area contributed by atoms with Crippen molar-refractivity contribution < 1.29 is 4.79 Å². The summed E-state index contributed by atoms with van der Waals surface area (Å²) in [5.41, 5.74) is 6.76. The first-order valence-corrected chi connectivity index (χ1v) is 6.53. The van der Waals surface area contributed by atoms with Crippen molar-refractivity contribution >= 4 is 11.7 Å². The van der Waals surface area contributed by atoms with Crippen LogP contribution in [0.3, 0.4) is 0 Å². The summed E-state index contributed by atoms with van der Waals surface area (Å²) in [6, 6.07) is 6.01. The number of hydrogen-bond acceptors (Lipinski definition) is 4. The molecule has 0 radical (unpaired) electrons. The summed E-state index contributed by atoms with van der Waals surface area (Å²) in [6.07, 6.45) is 3.38. The molecule has 0 spiro atoms. The molecule has 1 aromatic rings. The van der Waals surface area contributed by atoms with Gasteiger partial charge >= 0.3 is 0 Å². The summed E-state index contributed by atoms with van der Waals surface area (Å²) in [7, 11) is 0. The maximum atomic E-state index is 11.1. The van der Waals surface area contributed by atoms with Gasteiger partial charge in [0.15, 0.2) is 0 Å². The molecule has 1 aliphatic carbocycles. The Morgan fingerprint density at radius 1 is 1.42 bits per heavy atom. The minimum absolute atomic E-state index is 0.000967. The Kier molecular flexibility index (Phi) is 4.00. The molecule has 100 valence electrons. The lowest BCUT2D eigenvalue weighted by molar-refractivity contribution is -0.122. The summed E-state index contributed by atoms with van der Waals surface area (Å²) in [5.74, 6) is 0.439. The van der Waals surface area contributed by atoms with Crippen LogP contribution in [-0.2, 0) is 4.79 Å². The normalized spacial score (nSPS) is 22.5. The van der Waals surface area contributed by atoms with E-state index in [0.29, 0.717) is 11.4 Å². The number of nitrogens with two attached hydrogens (primary N) is 1. The van der Waals surface area contributed by atoms with Gasteiger partial charge < -0.3 is 11.1 Å². The number of carbonyl (C=O) groups excluding carboxylic acids is 1. The van der Waals surface area contributed by atoms with Crippen LogP contribution >= 0.6 is 0 Å². The Bertz CT molecular complexity index is 513. The summed E-state index contributed by atoms with van der Waals surface area (Å²) in [5, 5.41) is 12.4. The van der Waals surface area contributed by atoms with E-state index in [1.165, 1.54) is 0 Å². The van der Waals surface area contributed by atoms with E-state index in [9.17, 15) is 4.79 Å². The number of amides is 1. The van der Waals surface area contributed by atoms with Gasteiger partial charge in [-0.1, -0.05) is 0 Å². The highest BCUT2D eigenvalue weighted by molar-refractivity contribution is 5.76. The van der Waals surface area contributed by atoms with E-state index in [1.807, 2.05) is 13.0 Å². The van der Waals surface area contributed by atoms with Gasteiger partial charge in [0.25, 0.3) is 0 Å². The van der Waals surface area contributed by atoms with Crippen LogP contribution in [0.4, 0.5) is 5.82 Å². The van der Waals surface area contributed by atoms with Crippen LogP contribution in [0, 0.1) is 24.2 Å². The number of nitrogens with one attached hydrogen (secondary N) is 1. The lowest BCUT2D eigenvalue weighted by atomic mass is 9.85. The van der Waals surface area contributed by atoms with Crippen molar-refractivity contribution in [3.05, 3.63) is 23.4 Å². The standard InChI is InChI=1S/C14H18N4O/c1-9-2-3-11(8-15)14(17-9)18-12-6-4-10(5-7-12)13(16)19/h2-3,10,12H,4-7H2,1H3,(H2,16,19)(H,17,18). The fourth-order valence-electron chi connectivity index (χ4n) is 2.47. The van der Waals surface area contributed by atoms with E-state index >= 15 is 0 Å². The van der Waals surface area contributed by atoms with Gasteiger partial charge in [-0.25, -0.2) is 4.98 Å². The first kappa shape index (κ1) is 13.3. The Hall–Kier alpha value is -2.09. The number of rotatable bonds is 3. The van der Waals surface area contributed by atoms with Gasteiger partial charge in [0, 0.05) is 17.7 Å². The van der Waals surface area contributed by atoms with Crippen molar-refractivity contribution in [3.8, 4) is 6.07 Å². The van der Waals surface area contributed by atoms with E-state index in [2.05, 4.69) is 16.4 Å². The van der Waals surface area contributed by atoms with E-state index in [-0.39, 0.29) is 17.9 Å². The molecular formula is C14H18N4O. The van der Waals surface area contributed by atoms with Crippen molar-refractivity contribution in [2.75, 3.05) is 5.32 Å². The predicted octanol–water partition coefficient (Wildman–Crippen LogP) is 1.72. The zero-order valence-corrected chi connectivity index (χ0v) is 11.0. The fourth-order valence-corrected chi connectivity index (χ4v) is 2.47. The molecule has 1 aromatic heterocycles. The van der Waals surface area contributed by atoms with Gasteiger partial charge in [0.2, 0.25) is 5.91 Å². The number of aryl methyl sites for hydroxylation is 1. The van der Waals surface area contributed by atoms with E-state index in [1.54, 1.807) is 6.07 Å². The molecule has 0 saturated heterocycles. The molecule has 0 atom stereocenters. The lowest BCUT2D eigenvalue weighted by Gasteiger charge is -2.28. The zero-order valence-electron chi connectivity index (χ0n) is 11.0. The average Bonchev–Trinajstić information content (AvgIpc) is 2.39. The molecule has 5 heteroatoms. The number of nitrogens with zero attached hydrogens (tertiary/aromatic N) is 2. The first-order valence-electron chi connectivity index (χ1n) is 6.53. The molecule has 19 heavy (non-hydrogen) atoms. The van der Waals surface area contributed by atoms with Crippen LogP contribution in [0.1, 0.15) is 36.9 Å². The molecule has 0 aliphatic heterocycles. The van der Waals surface area contributed by atoms with Crippen molar-refractivity contribution in [2.24, 2.45) is 11.7 Å². The maximum absolute atomic E-state index is 11.1. The van der Waals surface area contributed by atoms with Crippen LogP contribution in [0.2, 0.25) is 0 Å². The summed E-state index contributed by atoms with van der Waals surface area (Å²) in [6.45, 7) is 1.90. The molecule has 0 aromatic carbocycles. The van der Waals surface area contributed by atoms with Gasteiger partial charge in [-0.05, 0) is 44.7 Å². The van der Waals surface area contributed by atoms with Crippen molar-refractivity contribution in [3.63, 3.8) is 0 Å². The Morgan fingerprint density at radius 2 is 2.11 bits per heavy atom. The fraction of sp³-hybridized carbons (Fsp3) is 0.500. The number of nitriles is 1. The molecule has 3 N–H and O–H groups in total. The summed E-state index contributed by atoms with van der Waals surface area (Å²) < 4.78 is 0. The number of aromatic nitrogens is 1. The number of primary amides is 1. The van der Waals surface area contributed by atoms with E-state index in [4.69, 9.17) is 11.0 Å². The SMILES string of the molecule is Cc1ccc(C#N)c(NC2CCC(C(N)=O)CC2)n1. The van der Waals surface area contributed by atoms with Crippen LogP contribution in [0.5, 0.6) is 0 Å². The van der Waals surface area contributed by atoms with Crippen molar-refractivity contribution in [1.29, 1.82) is 5.26 Å². The molecule has 1 heterocycles. The molecule has 1 amide bonds. The Morgan fingerprint density at radius 3 is 2.68 bits per heavy atom. The smallest absolute Gasteiger partial charge is 0.220 e. The highest BCUT2D eigenvalue weighted by atomic mass is 16.1. The largest absolute Gasteiger partial charge is 0.369 e. The summed E-state index contributed by atoms with van der Waals surface area (Å²) >= 11 is 0. The average molecular weight is 258 g/mol. The zero-order chi connectivity index (χ0) is 13.8. The number of anilines is 1. The highest BCUT2D eigenvalue weighted by Gasteiger charge is 2.25. The second-order valence-electron chi connectivity index (χ2n) is 5.06. The molecule has 1 aliphatic rings. The third-order valence-electron chi connectivity index (χ3n) is 3.63. The topological polar surface area (TPSA) is 91.8 Å². The quantitative estimate of drug-likeness (QED) is 0.863. The van der Waals surface area contributed by atoms with Crippen LogP contribution in [0.15, 0.2) is 12.1 Å². The monoisotopic (exact) mass is 258 g/mol. The third-order valence-corrected chi connectivity index (χ3v) is 3.63. The number of pyridine rings is 1. The van der Waals surface area contributed by atoms with Gasteiger partial charge in [0.1, 0.15) is 11.9 Å². The second kappa shape index (κ2) is 5.70. The van der Waals surface area contributed by atoms with Gasteiger partial charge in [0.05, 0.1) is 5.56 Å². The van der Waals surface area contributed by atoms with Crippen LogP contribution < -0.4 is 11.1 Å². The Labute approximate surface area is 112 Å². The second-order valence-corrected chi connectivity index (χ2v) is 5.06. The Balaban J connectivity index is 2.01. The molecule has 1 fully saturated rings.